The summed E-state index contributed by atoms with van der Waals surface area (Å²) in [4.78, 5) is 20.3. The van der Waals surface area contributed by atoms with Crippen LogP contribution in [0, 0.1) is 0 Å². The third-order valence-corrected chi connectivity index (χ3v) is 8.59. The van der Waals surface area contributed by atoms with E-state index in [2.05, 4.69) is 57.8 Å². The number of imidazole rings is 2. The molecule has 0 bridgehead atoms. The Hall–Kier alpha value is -3.17. The fraction of sp³-hybridized carbons (Fsp3) is 0.538. The second kappa shape index (κ2) is 10.7. The average molecular weight is 573 g/mol. The maximum atomic E-state index is 12.6. The van der Waals surface area contributed by atoms with E-state index < -0.39 is 34.6 Å². The molecule has 0 amide bonds. The standard InChI is InChI=1S/C26H36N8O5S/c1-26(2,3)15-8-9-16-17(11-15)32-19(31-16)7-5-6-10-33(40(4,37)38)12-18-21(35)22(36)25(39-18)34-14-30-20-23(27)28-13-29-24(20)34/h8-9,11,13-14,18,21-22,25,35-36H,5-7,10,12H2,1-4H3,(H,31,32)(H2,27,28,29)/t18-,21-,22-,25?/m1/s1. The molecular formula is C26H36N8O5S. The van der Waals surface area contributed by atoms with Gasteiger partial charge in [-0.3, -0.25) is 4.57 Å². The summed E-state index contributed by atoms with van der Waals surface area (Å²) in [7, 11) is -3.61. The first kappa shape index (κ1) is 28.4. The van der Waals surface area contributed by atoms with Gasteiger partial charge >= 0.3 is 0 Å². The molecule has 1 fully saturated rings. The van der Waals surface area contributed by atoms with Crippen molar-refractivity contribution in [2.45, 2.75) is 70.0 Å². The summed E-state index contributed by atoms with van der Waals surface area (Å²) in [5.74, 6) is 1.03. The first-order chi connectivity index (χ1) is 18.8. The Balaban J connectivity index is 1.21. The number of ether oxygens (including phenoxy) is 1. The number of hydrogen-bond acceptors (Lipinski definition) is 10. The molecule has 0 spiro atoms. The highest BCUT2D eigenvalue weighted by Crippen LogP contribution is 2.33. The van der Waals surface area contributed by atoms with Crippen LogP contribution in [0.1, 0.15) is 51.2 Å². The van der Waals surface area contributed by atoms with Crippen molar-refractivity contribution in [3.8, 4) is 0 Å². The van der Waals surface area contributed by atoms with Crippen molar-refractivity contribution in [3.05, 3.63) is 42.2 Å². The van der Waals surface area contributed by atoms with Crippen molar-refractivity contribution in [2.75, 3.05) is 25.1 Å². The molecule has 1 aromatic carbocycles. The minimum Gasteiger partial charge on any atom is -0.387 e. The number of aliphatic hydroxyl groups is 2. The van der Waals surface area contributed by atoms with Gasteiger partial charge in [-0.2, -0.15) is 4.31 Å². The molecule has 216 valence electrons. The van der Waals surface area contributed by atoms with Gasteiger partial charge in [0.25, 0.3) is 0 Å². The molecule has 0 aliphatic carbocycles. The van der Waals surface area contributed by atoms with Gasteiger partial charge in [-0.25, -0.2) is 28.4 Å². The molecule has 3 aromatic heterocycles. The molecule has 14 heteroatoms. The molecule has 4 heterocycles. The van der Waals surface area contributed by atoms with Gasteiger partial charge in [0.05, 0.1) is 23.6 Å². The summed E-state index contributed by atoms with van der Waals surface area (Å²) < 4.78 is 33.9. The van der Waals surface area contributed by atoms with Crippen molar-refractivity contribution < 1.29 is 23.4 Å². The molecule has 13 nitrogen and oxygen atoms in total. The molecule has 40 heavy (non-hydrogen) atoms. The maximum absolute atomic E-state index is 12.6. The number of aromatic amines is 1. The zero-order valence-electron chi connectivity index (χ0n) is 23.0. The Morgan fingerprint density at radius 3 is 2.65 bits per heavy atom. The van der Waals surface area contributed by atoms with E-state index in [9.17, 15) is 18.6 Å². The van der Waals surface area contributed by atoms with Crippen LogP contribution in [0.25, 0.3) is 22.2 Å². The number of aromatic nitrogens is 6. The van der Waals surface area contributed by atoms with Crippen molar-refractivity contribution in [1.29, 1.82) is 0 Å². The smallest absolute Gasteiger partial charge is 0.211 e. The van der Waals surface area contributed by atoms with E-state index >= 15 is 0 Å². The number of nitrogen functional groups attached to an aromatic ring is 1. The predicted molar refractivity (Wildman–Crippen MR) is 150 cm³/mol. The van der Waals surface area contributed by atoms with Crippen molar-refractivity contribution in [3.63, 3.8) is 0 Å². The monoisotopic (exact) mass is 572 g/mol. The van der Waals surface area contributed by atoms with Gasteiger partial charge in [0.1, 0.15) is 36.0 Å². The molecule has 5 rings (SSSR count). The quantitative estimate of drug-likeness (QED) is 0.214. The van der Waals surface area contributed by atoms with Crippen LogP contribution in [-0.2, 0) is 26.6 Å². The van der Waals surface area contributed by atoms with Gasteiger partial charge in [-0.1, -0.05) is 26.8 Å². The summed E-state index contributed by atoms with van der Waals surface area (Å²) in [5.41, 5.74) is 9.68. The number of nitrogens with two attached hydrogens (primary N) is 1. The molecule has 4 atom stereocenters. The summed E-state index contributed by atoms with van der Waals surface area (Å²) in [5, 5.41) is 21.5. The minimum atomic E-state index is -3.61. The van der Waals surface area contributed by atoms with Crippen molar-refractivity contribution in [1.82, 2.24) is 33.8 Å². The fourth-order valence-corrected chi connectivity index (χ4v) is 5.87. The van der Waals surface area contributed by atoms with Crippen molar-refractivity contribution >= 4 is 38.0 Å². The Kier molecular flexibility index (Phi) is 7.56. The van der Waals surface area contributed by atoms with Gasteiger partial charge in [0, 0.05) is 19.5 Å². The van der Waals surface area contributed by atoms with Gasteiger partial charge in [0.2, 0.25) is 10.0 Å². The van der Waals surface area contributed by atoms with Crippen LogP contribution < -0.4 is 5.73 Å². The first-order valence-electron chi connectivity index (χ1n) is 13.2. The first-order valence-corrected chi connectivity index (χ1v) is 15.1. The van der Waals surface area contributed by atoms with E-state index in [-0.39, 0.29) is 24.3 Å². The lowest BCUT2D eigenvalue weighted by Gasteiger charge is -2.24. The predicted octanol–water partition coefficient (Wildman–Crippen LogP) is 1.49. The largest absolute Gasteiger partial charge is 0.387 e. The Bertz CT molecular complexity index is 1610. The number of sulfonamides is 1. The zero-order valence-corrected chi connectivity index (χ0v) is 23.8. The van der Waals surface area contributed by atoms with Crippen LogP contribution in [0.5, 0.6) is 0 Å². The highest BCUT2D eigenvalue weighted by molar-refractivity contribution is 7.88. The highest BCUT2D eigenvalue weighted by Gasteiger charge is 2.45. The molecular weight excluding hydrogens is 536 g/mol. The van der Waals surface area contributed by atoms with Crippen LogP contribution in [0.2, 0.25) is 0 Å². The summed E-state index contributed by atoms with van der Waals surface area (Å²) in [6.07, 6.45) is 1.11. The molecule has 5 N–H and O–H groups in total. The van der Waals surface area contributed by atoms with Crippen LogP contribution in [0.3, 0.4) is 0 Å². The molecule has 1 aliphatic rings. The fourth-order valence-electron chi connectivity index (χ4n) is 4.99. The van der Waals surface area contributed by atoms with E-state index in [0.29, 0.717) is 30.4 Å². The van der Waals surface area contributed by atoms with Crippen LogP contribution in [0.15, 0.2) is 30.9 Å². The Labute approximate surface area is 232 Å². The SMILES string of the molecule is CC(C)(C)c1ccc2nc(CCCCN(C[C@H]3OC(n4cnc5c(N)ncnc54)[C@H](O)[C@@H]3O)S(C)(=O)=O)[nH]c2c1. The lowest BCUT2D eigenvalue weighted by atomic mass is 9.87. The van der Waals surface area contributed by atoms with E-state index in [0.717, 1.165) is 23.1 Å². The van der Waals surface area contributed by atoms with Gasteiger partial charge in [-0.05, 0) is 36.0 Å². The van der Waals surface area contributed by atoms with Gasteiger partial charge < -0.3 is 25.7 Å². The lowest BCUT2D eigenvalue weighted by molar-refractivity contribution is -0.0386. The molecule has 0 radical (unpaired) electrons. The second-order valence-corrected chi connectivity index (χ2v) is 13.4. The van der Waals surface area contributed by atoms with E-state index in [1.54, 1.807) is 0 Å². The van der Waals surface area contributed by atoms with E-state index in [1.807, 2.05) is 6.07 Å². The Morgan fingerprint density at radius 2 is 1.93 bits per heavy atom. The number of fused-ring (bicyclic) bond motifs is 2. The lowest BCUT2D eigenvalue weighted by Crippen LogP contribution is -2.42. The summed E-state index contributed by atoms with van der Waals surface area (Å²) >= 11 is 0. The number of rotatable bonds is 9. The summed E-state index contributed by atoms with van der Waals surface area (Å²) in [6, 6.07) is 6.24. The van der Waals surface area contributed by atoms with Crippen LogP contribution in [-0.4, -0.2) is 90.1 Å². The number of nitrogens with zero attached hydrogens (tertiary/aromatic N) is 6. The van der Waals surface area contributed by atoms with Crippen LogP contribution in [0.4, 0.5) is 5.82 Å². The van der Waals surface area contributed by atoms with Gasteiger partial charge in [-0.15, -0.1) is 0 Å². The third-order valence-electron chi connectivity index (χ3n) is 7.32. The average Bonchev–Trinajstić information content (AvgIpc) is 3.56. The van der Waals surface area contributed by atoms with E-state index in [4.69, 9.17) is 10.5 Å². The molecule has 1 aliphatic heterocycles. The van der Waals surface area contributed by atoms with Crippen LogP contribution >= 0.6 is 0 Å². The normalized spacial score (nSPS) is 22.2. The second-order valence-electron chi connectivity index (χ2n) is 11.4. The molecule has 0 saturated carbocycles. The molecule has 4 aromatic rings. The number of hydrogen-bond donors (Lipinski definition) is 4. The topological polar surface area (TPSA) is 185 Å². The van der Waals surface area contributed by atoms with Crippen molar-refractivity contribution in [2.24, 2.45) is 0 Å². The number of unbranched alkanes of at least 4 members (excludes halogenated alkanes) is 1. The summed E-state index contributed by atoms with van der Waals surface area (Å²) in [6.45, 7) is 6.62. The number of aliphatic hydroxyl groups excluding tert-OH is 2. The molecule has 1 saturated heterocycles. The number of nitrogens with one attached hydrogen (secondary N) is 1. The Morgan fingerprint density at radius 1 is 1.15 bits per heavy atom. The molecule has 1 unspecified atom stereocenters. The minimum absolute atomic E-state index is 0.0379. The zero-order chi connectivity index (χ0) is 28.8. The number of aryl methyl sites for hydroxylation is 1. The van der Waals surface area contributed by atoms with E-state index in [1.165, 1.54) is 27.1 Å². The highest BCUT2D eigenvalue weighted by atomic mass is 32.2. The maximum Gasteiger partial charge on any atom is 0.211 e. The van der Waals surface area contributed by atoms with Gasteiger partial charge in [0.15, 0.2) is 17.7 Å². The number of anilines is 1. The number of H-pyrrole nitrogens is 1. The third kappa shape index (κ3) is 5.67. The number of benzene rings is 1.